The topological polar surface area (TPSA) is 75.6 Å². The Kier molecular flexibility index (Phi) is 3.89. The van der Waals surface area contributed by atoms with Gasteiger partial charge in [-0.25, -0.2) is 0 Å². The maximum absolute atomic E-state index is 11.8. The molecule has 0 saturated heterocycles. The lowest BCUT2D eigenvalue weighted by Crippen LogP contribution is -2.27. The average molecular weight is 303 g/mol. The van der Waals surface area contributed by atoms with Crippen molar-refractivity contribution in [2.45, 2.75) is 6.10 Å². The van der Waals surface area contributed by atoms with Gasteiger partial charge >= 0.3 is 0 Å². The summed E-state index contributed by atoms with van der Waals surface area (Å²) in [5.41, 5.74) is 0.586. The molecule has 2 N–H and O–H groups in total. The standard InChI is InChI=1S/C15H13NO4S/c17-11(8-16-15(18)10-5-7-21-9-10)12-3-4-14(20-12)13-2-1-6-19-13/h1-7,9,11,17H,8H2,(H,16,18). The summed E-state index contributed by atoms with van der Waals surface area (Å²) in [5, 5.41) is 16.3. The number of hydrogen-bond acceptors (Lipinski definition) is 5. The number of thiophene rings is 1. The van der Waals surface area contributed by atoms with Crippen LogP contribution in [0.3, 0.4) is 0 Å². The van der Waals surface area contributed by atoms with Gasteiger partial charge in [0.15, 0.2) is 11.5 Å². The fraction of sp³-hybridized carbons (Fsp3) is 0.133. The van der Waals surface area contributed by atoms with Crippen LogP contribution in [0.15, 0.2) is 56.2 Å². The van der Waals surface area contributed by atoms with E-state index in [0.29, 0.717) is 22.8 Å². The van der Waals surface area contributed by atoms with Crippen LogP contribution < -0.4 is 5.32 Å². The van der Waals surface area contributed by atoms with Gasteiger partial charge in [0.2, 0.25) is 0 Å². The van der Waals surface area contributed by atoms with Gasteiger partial charge in [-0.3, -0.25) is 4.79 Å². The summed E-state index contributed by atoms with van der Waals surface area (Å²) in [6.45, 7) is 0.0831. The lowest BCUT2D eigenvalue weighted by molar-refractivity contribution is 0.0902. The monoisotopic (exact) mass is 303 g/mol. The average Bonchev–Trinajstić information content (AvgIpc) is 3.25. The minimum atomic E-state index is -0.906. The highest BCUT2D eigenvalue weighted by Gasteiger charge is 2.16. The Bertz CT molecular complexity index is 700. The minimum absolute atomic E-state index is 0.0831. The van der Waals surface area contributed by atoms with Crippen LogP contribution in [0, 0.1) is 0 Å². The first-order chi connectivity index (χ1) is 10.2. The van der Waals surface area contributed by atoms with Crippen LogP contribution in [-0.4, -0.2) is 17.6 Å². The molecule has 3 aromatic rings. The molecule has 6 heteroatoms. The Morgan fingerprint density at radius 1 is 1.29 bits per heavy atom. The predicted octanol–water partition coefficient (Wildman–Crippen LogP) is 3.06. The Morgan fingerprint density at radius 3 is 2.90 bits per heavy atom. The van der Waals surface area contributed by atoms with E-state index in [4.69, 9.17) is 8.83 Å². The van der Waals surface area contributed by atoms with E-state index in [2.05, 4.69) is 5.32 Å². The van der Waals surface area contributed by atoms with Crippen LogP contribution in [0.5, 0.6) is 0 Å². The summed E-state index contributed by atoms with van der Waals surface area (Å²) in [6, 6.07) is 8.65. The molecular weight excluding hydrogens is 290 g/mol. The summed E-state index contributed by atoms with van der Waals surface area (Å²) in [7, 11) is 0. The second-order valence-corrected chi connectivity index (χ2v) is 5.20. The van der Waals surface area contributed by atoms with E-state index in [1.165, 1.54) is 11.3 Å². The number of amides is 1. The second kappa shape index (κ2) is 5.99. The van der Waals surface area contributed by atoms with Gasteiger partial charge in [-0.15, -0.1) is 0 Å². The van der Waals surface area contributed by atoms with Gasteiger partial charge in [0, 0.05) is 10.9 Å². The molecule has 1 amide bonds. The van der Waals surface area contributed by atoms with E-state index in [-0.39, 0.29) is 12.5 Å². The molecule has 5 nitrogen and oxygen atoms in total. The zero-order valence-electron chi connectivity index (χ0n) is 11.0. The third-order valence-corrected chi connectivity index (χ3v) is 3.64. The molecule has 0 saturated carbocycles. The SMILES string of the molecule is O=C(NCC(O)c1ccc(-c2ccco2)o1)c1ccsc1. The maximum Gasteiger partial charge on any atom is 0.252 e. The fourth-order valence-electron chi connectivity index (χ4n) is 1.87. The van der Waals surface area contributed by atoms with Crippen molar-refractivity contribution in [1.82, 2.24) is 5.32 Å². The van der Waals surface area contributed by atoms with E-state index >= 15 is 0 Å². The van der Waals surface area contributed by atoms with Crippen LogP contribution in [0.25, 0.3) is 11.5 Å². The van der Waals surface area contributed by atoms with E-state index in [1.54, 1.807) is 42.0 Å². The lowest BCUT2D eigenvalue weighted by atomic mass is 10.2. The number of rotatable bonds is 5. The Morgan fingerprint density at radius 2 is 2.19 bits per heavy atom. The van der Waals surface area contributed by atoms with E-state index < -0.39 is 6.10 Å². The van der Waals surface area contributed by atoms with Gasteiger partial charge < -0.3 is 19.3 Å². The van der Waals surface area contributed by atoms with Crippen molar-refractivity contribution < 1.29 is 18.7 Å². The smallest absolute Gasteiger partial charge is 0.252 e. The van der Waals surface area contributed by atoms with E-state index in [1.807, 2.05) is 5.38 Å². The molecule has 3 heterocycles. The molecule has 0 aliphatic carbocycles. The number of aliphatic hydroxyl groups excluding tert-OH is 1. The van der Waals surface area contributed by atoms with Crippen molar-refractivity contribution in [3.05, 3.63) is 58.7 Å². The Hall–Kier alpha value is -2.31. The second-order valence-electron chi connectivity index (χ2n) is 4.42. The maximum atomic E-state index is 11.8. The van der Waals surface area contributed by atoms with Gasteiger partial charge in [-0.2, -0.15) is 11.3 Å². The van der Waals surface area contributed by atoms with Crippen LogP contribution >= 0.6 is 11.3 Å². The molecule has 1 unspecified atom stereocenters. The van der Waals surface area contributed by atoms with Crippen LogP contribution in [-0.2, 0) is 0 Å². The Labute approximate surface area is 124 Å². The van der Waals surface area contributed by atoms with E-state index in [9.17, 15) is 9.90 Å². The van der Waals surface area contributed by atoms with Gasteiger partial charge in [0.25, 0.3) is 5.91 Å². The summed E-state index contributed by atoms with van der Waals surface area (Å²) in [5.74, 6) is 1.30. The number of nitrogens with one attached hydrogen (secondary N) is 1. The van der Waals surface area contributed by atoms with Gasteiger partial charge in [-0.1, -0.05) is 0 Å². The number of hydrogen-bond donors (Lipinski definition) is 2. The highest BCUT2D eigenvalue weighted by molar-refractivity contribution is 7.08. The zero-order chi connectivity index (χ0) is 14.7. The summed E-state index contributed by atoms with van der Waals surface area (Å²) in [6.07, 6.45) is 0.644. The molecule has 0 fully saturated rings. The lowest BCUT2D eigenvalue weighted by Gasteiger charge is -2.08. The molecule has 1 atom stereocenters. The van der Waals surface area contributed by atoms with Crippen molar-refractivity contribution >= 4 is 17.2 Å². The zero-order valence-corrected chi connectivity index (χ0v) is 11.8. The summed E-state index contributed by atoms with van der Waals surface area (Å²) >= 11 is 1.45. The Balaban J connectivity index is 1.61. The number of carbonyl (C=O) groups excluding carboxylic acids is 1. The van der Waals surface area contributed by atoms with Crippen molar-refractivity contribution in [3.8, 4) is 11.5 Å². The highest BCUT2D eigenvalue weighted by atomic mass is 32.1. The van der Waals surface area contributed by atoms with Gasteiger partial charge in [-0.05, 0) is 35.7 Å². The summed E-state index contributed by atoms with van der Waals surface area (Å²) < 4.78 is 10.7. The third kappa shape index (κ3) is 3.07. The normalized spacial score (nSPS) is 12.2. The van der Waals surface area contributed by atoms with Crippen LogP contribution in [0.2, 0.25) is 0 Å². The molecule has 0 aromatic carbocycles. The van der Waals surface area contributed by atoms with Crippen molar-refractivity contribution in [3.63, 3.8) is 0 Å². The first kappa shape index (κ1) is 13.7. The van der Waals surface area contributed by atoms with Crippen LogP contribution in [0.4, 0.5) is 0 Å². The van der Waals surface area contributed by atoms with Gasteiger partial charge in [0.1, 0.15) is 11.9 Å². The molecule has 0 radical (unpaired) electrons. The molecule has 108 valence electrons. The number of carbonyl (C=O) groups is 1. The van der Waals surface area contributed by atoms with Crippen LogP contribution in [0.1, 0.15) is 22.2 Å². The largest absolute Gasteiger partial charge is 0.461 e. The van der Waals surface area contributed by atoms with Crippen molar-refractivity contribution in [1.29, 1.82) is 0 Å². The molecule has 3 aromatic heterocycles. The van der Waals surface area contributed by atoms with Crippen molar-refractivity contribution in [2.75, 3.05) is 6.54 Å². The van der Waals surface area contributed by atoms with Crippen molar-refractivity contribution in [2.24, 2.45) is 0 Å². The summed E-state index contributed by atoms with van der Waals surface area (Å²) in [4.78, 5) is 11.8. The molecular formula is C15H13NO4S. The van der Waals surface area contributed by atoms with Gasteiger partial charge in [0.05, 0.1) is 12.8 Å². The first-order valence-corrected chi connectivity index (χ1v) is 7.30. The number of furan rings is 2. The first-order valence-electron chi connectivity index (χ1n) is 6.36. The van der Waals surface area contributed by atoms with E-state index in [0.717, 1.165) is 0 Å². The molecule has 0 bridgehead atoms. The predicted molar refractivity (Wildman–Crippen MR) is 78.0 cm³/mol. The fourth-order valence-corrected chi connectivity index (χ4v) is 2.50. The molecule has 0 aliphatic heterocycles. The minimum Gasteiger partial charge on any atom is -0.461 e. The molecule has 0 aliphatic rings. The number of aliphatic hydroxyl groups is 1. The third-order valence-electron chi connectivity index (χ3n) is 2.96. The molecule has 0 spiro atoms. The molecule has 3 rings (SSSR count). The molecule has 21 heavy (non-hydrogen) atoms. The highest BCUT2D eigenvalue weighted by Crippen LogP contribution is 2.25. The quantitative estimate of drug-likeness (QED) is 0.759.